The van der Waals surface area contributed by atoms with Crippen molar-refractivity contribution < 1.29 is 18.3 Å². The van der Waals surface area contributed by atoms with E-state index in [1.807, 2.05) is 22.6 Å². The van der Waals surface area contributed by atoms with Gasteiger partial charge < -0.3 is 15.2 Å². The average molecular weight is 407 g/mol. The molecule has 0 bridgehead atoms. The second-order valence-corrected chi connectivity index (χ2v) is 5.08. The zero-order chi connectivity index (χ0) is 15.4. The molecule has 1 aromatic heterocycles. The van der Waals surface area contributed by atoms with Crippen LogP contribution in [-0.2, 0) is 11.3 Å². The molecule has 1 heterocycles. The van der Waals surface area contributed by atoms with Gasteiger partial charge in [-0.1, -0.05) is 12.1 Å². The van der Waals surface area contributed by atoms with Gasteiger partial charge in [-0.25, -0.2) is 9.97 Å². The Labute approximate surface area is 133 Å². The van der Waals surface area contributed by atoms with Gasteiger partial charge in [0.25, 0.3) is 0 Å². The Bertz CT molecular complexity index is 641. The van der Waals surface area contributed by atoms with Crippen molar-refractivity contribution in [2.75, 3.05) is 12.8 Å². The number of hydrogen-bond acceptors (Lipinski definition) is 5. The lowest BCUT2D eigenvalue weighted by Crippen LogP contribution is -2.08. The van der Waals surface area contributed by atoms with Crippen molar-refractivity contribution in [2.24, 2.45) is 0 Å². The highest BCUT2D eigenvalue weighted by molar-refractivity contribution is 14.1. The molecule has 112 valence electrons. The van der Waals surface area contributed by atoms with E-state index in [4.69, 9.17) is 10.5 Å². The van der Waals surface area contributed by atoms with Crippen LogP contribution in [0.1, 0.15) is 5.69 Å². The average Bonchev–Trinajstić information content (AvgIpc) is 2.44. The van der Waals surface area contributed by atoms with Gasteiger partial charge in [-0.2, -0.15) is 8.78 Å². The van der Waals surface area contributed by atoms with Crippen molar-refractivity contribution >= 4 is 28.4 Å². The van der Waals surface area contributed by atoms with E-state index in [2.05, 4.69) is 14.7 Å². The van der Waals surface area contributed by atoms with E-state index in [0.717, 1.165) is 0 Å². The molecule has 0 spiro atoms. The van der Waals surface area contributed by atoms with Crippen LogP contribution >= 0.6 is 22.6 Å². The SMILES string of the molecule is COCc1nc(-c2ccccc2OC(F)F)nc(N)c1I. The van der Waals surface area contributed by atoms with Crippen molar-refractivity contribution in [2.45, 2.75) is 13.2 Å². The lowest BCUT2D eigenvalue weighted by atomic mass is 10.2. The molecule has 21 heavy (non-hydrogen) atoms. The van der Waals surface area contributed by atoms with Gasteiger partial charge in [0.1, 0.15) is 11.6 Å². The zero-order valence-electron chi connectivity index (χ0n) is 11.0. The van der Waals surface area contributed by atoms with E-state index < -0.39 is 6.61 Å². The number of aromatic nitrogens is 2. The third-order valence-corrected chi connectivity index (χ3v) is 3.75. The van der Waals surface area contributed by atoms with E-state index in [-0.39, 0.29) is 24.0 Å². The molecule has 0 unspecified atom stereocenters. The summed E-state index contributed by atoms with van der Waals surface area (Å²) < 4.78 is 35.1. The van der Waals surface area contributed by atoms with Gasteiger partial charge in [0.2, 0.25) is 0 Å². The maximum atomic E-state index is 12.5. The van der Waals surface area contributed by atoms with Gasteiger partial charge >= 0.3 is 6.61 Å². The Balaban J connectivity index is 2.51. The molecular weight excluding hydrogens is 395 g/mol. The molecule has 8 heteroatoms. The second-order valence-electron chi connectivity index (χ2n) is 4.00. The van der Waals surface area contributed by atoms with Gasteiger partial charge in [0.05, 0.1) is 21.4 Å². The van der Waals surface area contributed by atoms with Crippen LogP contribution in [0.2, 0.25) is 0 Å². The van der Waals surface area contributed by atoms with Crippen molar-refractivity contribution in [3.05, 3.63) is 33.5 Å². The number of para-hydroxylation sites is 1. The molecular formula is C13H12F2IN3O2. The smallest absolute Gasteiger partial charge is 0.387 e. The molecule has 0 aliphatic carbocycles. The fourth-order valence-corrected chi connectivity index (χ4v) is 2.11. The van der Waals surface area contributed by atoms with E-state index in [1.165, 1.54) is 13.2 Å². The molecule has 2 N–H and O–H groups in total. The number of nitrogens with two attached hydrogens (primary N) is 1. The lowest BCUT2D eigenvalue weighted by Gasteiger charge is -2.12. The predicted octanol–water partition coefficient (Wildman–Crippen LogP) is 3.08. The summed E-state index contributed by atoms with van der Waals surface area (Å²) in [5.74, 6) is 0.479. The number of methoxy groups -OCH3 is 1. The Hall–Kier alpha value is -1.55. The van der Waals surface area contributed by atoms with Gasteiger partial charge in [0.15, 0.2) is 5.82 Å². The van der Waals surface area contributed by atoms with Crippen LogP contribution in [0.5, 0.6) is 5.75 Å². The summed E-state index contributed by atoms with van der Waals surface area (Å²) in [6.45, 7) is -2.68. The molecule has 2 rings (SSSR count). The molecule has 2 aromatic rings. The highest BCUT2D eigenvalue weighted by Gasteiger charge is 2.16. The summed E-state index contributed by atoms with van der Waals surface area (Å²) in [6.07, 6.45) is 0. The summed E-state index contributed by atoms with van der Waals surface area (Å²) in [7, 11) is 1.53. The van der Waals surface area contributed by atoms with Gasteiger partial charge in [-0.3, -0.25) is 0 Å². The second kappa shape index (κ2) is 6.94. The van der Waals surface area contributed by atoms with E-state index in [0.29, 0.717) is 14.8 Å². The van der Waals surface area contributed by atoms with E-state index >= 15 is 0 Å². The number of nitrogen functional groups attached to an aromatic ring is 1. The predicted molar refractivity (Wildman–Crippen MR) is 81.9 cm³/mol. The summed E-state index contributed by atoms with van der Waals surface area (Å²) in [4.78, 5) is 8.45. The number of nitrogens with zero attached hydrogens (tertiary/aromatic N) is 2. The number of benzene rings is 1. The number of ether oxygens (including phenoxy) is 2. The number of anilines is 1. The summed E-state index contributed by atoms with van der Waals surface area (Å²) in [6, 6.07) is 6.29. The van der Waals surface area contributed by atoms with Gasteiger partial charge in [0, 0.05) is 7.11 Å². The van der Waals surface area contributed by atoms with Crippen molar-refractivity contribution in [3.63, 3.8) is 0 Å². The molecule has 0 fully saturated rings. The molecule has 0 radical (unpaired) electrons. The fraction of sp³-hybridized carbons (Fsp3) is 0.231. The first-order chi connectivity index (χ1) is 10.0. The third-order valence-electron chi connectivity index (χ3n) is 2.57. The molecule has 0 aliphatic rings. The Morgan fingerprint density at radius 2 is 2.00 bits per heavy atom. The van der Waals surface area contributed by atoms with Gasteiger partial charge in [-0.05, 0) is 34.7 Å². The van der Waals surface area contributed by atoms with Crippen LogP contribution in [0.4, 0.5) is 14.6 Å². The topological polar surface area (TPSA) is 70.3 Å². The fourth-order valence-electron chi connectivity index (χ4n) is 1.72. The normalized spacial score (nSPS) is 10.9. The minimum Gasteiger partial charge on any atom is -0.434 e. The Morgan fingerprint density at radius 3 is 2.67 bits per heavy atom. The van der Waals surface area contributed by atoms with Crippen molar-refractivity contribution in [1.29, 1.82) is 0 Å². The molecule has 0 amide bonds. The molecule has 0 aliphatic heterocycles. The first kappa shape index (κ1) is 15.8. The maximum Gasteiger partial charge on any atom is 0.387 e. The molecule has 0 atom stereocenters. The Morgan fingerprint density at radius 1 is 1.29 bits per heavy atom. The zero-order valence-corrected chi connectivity index (χ0v) is 13.2. The summed E-state index contributed by atoms with van der Waals surface area (Å²) in [5.41, 5.74) is 6.77. The van der Waals surface area contributed by atoms with E-state index in [1.54, 1.807) is 18.2 Å². The first-order valence-corrected chi connectivity index (χ1v) is 6.95. The highest BCUT2D eigenvalue weighted by atomic mass is 127. The molecule has 5 nitrogen and oxygen atoms in total. The van der Waals surface area contributed by atoms with E-state index in [9.17, 15) is 8.78 Å². The first-order valence-electron chi connectivity index (χ1n) is 5.88. The van der Waals surface area contributed by atoms with Crippen LogP contribution in [0.25, 0.3) is 11.4 Å². The molecule has 0 saturated carbocycles. The van der Waals surface area contributed by atoms with Crippen molar-refractivity contribution in [3.8, 4) is 17.1 Å². The van der Waals surface area contributed by atoms with Crippen LogP contribution in [0.15, 0.2) is 24.3 Å². The minimum absolute atomic E-state index is 0.00326. The number of rotatable bonds is 5. The summed E-state index contributed by atoms with van der Waals surface area (Å²) in [5, 5.41) is 0. The van der Waals surface area contributed by atoms with Gasteiger partial charge in [-0.15, -0.1) is 0 Å². The standard InChI is InChI=1S/C13H12F2IN3O2/c1-20-6-8-10(16)11(17)19-12(18-8)7-4-2-3-5-9(7)21-13(14)15/h2-5,13H,6H2,1H3,(H2,17,18,19). The Kier molecular flexibility index (Phi) is 5.23. The van der Waals surface area contributed by atoms with Crippen LogP contribution in [-0.4, -0.2) is 23.7 Å². The summed E-state index contributed by atoms with van der Waals surface area (Å²) >= 11 is 2.01. The highest BCUT2D eigenvalue weighted by Crippen LogP contribution is 2.30. The van der Waals surface area contributed by atoms with Crippen LogP contribution < -0.4 is 10.5 Å². The van der Waals surface area contributed by atoms with Crippen molar-refractivity contribution in [1.82, 2.24) is 9.97 Å². The number of alkyl halides is 2. The largest absolute Gasteiger partial charge is 0.434 e. The van der Waals surface area contributed by atoms with Crippen LogP contribution in [0, 0.1) is 3.57 Å². The third kappa shape index (κ3) is 3.76. The minimum atomic E-state index is -2.93. The lowest BCUT2D eigenvalue weighted by molar-refractivity contribution is -0.0494. The quantitative estimate of drug-likeness (QED) is 0.772. The maximum absolute atomic E-state index is 12.5. The monoisotopic (exact) mass is 407 g/mol. The molecule has 1 aromatic carbocycles. The molecule has 0 saturated heterocycles. The number of hydrogen-bond donors (Lipinski definition) is 1. The number of halogens is 3. The van der Waals surface area contributed by atoms with Crippen LogP contribution in [0.3, 0.4) is 0 Å².